The van der Waals surface area contributed by atoms with E-state index in [-0.39, 0.29) is 24.9 Å². The number of nitrogens with zero attached hydrogens (tertiary/aromatic N) is 5. The molecule has 0 aliphatic carbocycles. The van der Waals surface area contributed by atoms with Crippen LogP contribution in [0.25, 0.3) is 11.4 Å². The van der Waals surface area contributed by atoms with Crippen LogP contribution < -0.4 is 5.73 Å². The second kappa shape index (κ2) is 8.59. The summed E-state index contributed by atoms with van der Waals surface area (Å²) < 4.78 is 6.87. The van der Waals surface area contributed by atoms with E-state index >= 15 is 0 Å². The number of nitrogens with two attached hydrogens (primary N) is 1. The Bertz CT molecular complexity index is 831. The van der Waals surface area contributed by atoms with Gasteiger partial charge in [-0.2, -0.15) is 10.1 Å². The lowest BCUT2D eigenvalue weighted by molar-refractivity contribution is -0.134. The molecule has 8 nitrogen and oxygen atoms in total. The van der Waals surface area contributed by atoms with Crippen LogP contribution >= 0.6 is 12.4 Å². The molecule has 0 aliphatic rings. The SMILES string of the molecule is CC(C(=O)N(C)Cc1nc(-c2ccc(CN)cc2)no1)n1cccn1.Cl. The summed E-state index contributed by atoms with van der Waals surface area (Å²) in [4.78, 5) is 18.4. The minimum absolute atomic E-state index is 0. The second-order valence-electron chi connectivity index (χ2n) is 5.77. The van der Waals surface area contributed by atoms with E-state index in [0.29, 0.717) is 18.3 Å². The predicted molar refractivity (Wildman–Crippen MR) is 98.3 cm³/mol. The summed E-state index contributed by atoms with van der Waals surface area (Å²) >= 11 is 0. The van der Waals surface area contributed by atoms with Gasteiger partial charge in [0.15, 0.2) is 0 Å². The van der Waals surface area contributed by atoms with E-state index in [9.17, 15) is 4.79 Å². The number of rotatable bonds is 6. The molecule has 2 aromatic heterocycles. The molecule has 2 N–H and O–H groups in total. The van der Waals surface area contributed by atoms with Gasteiger partial charge in [-0.05, 0) is 18.6 Å². The second-order valence-corrected chi connectivity index (χ2v) is 5.77. The van der Waals surface area contributed by atoms with Crippen LogP contribution in [0.3, 0.4) is 0 Å². The molecule has 3 aromatic rings. The molecule has 9 heteroatoms. The third kappa shape index (κ3) is 4.27. The number of aromatic nitrogens is 4. The standard InChI is InChI=1S/C17H20N6O2.ClH/c1-12(23-9-3-8-19-23)17(24)22(2)11-15-20-16(21-25-15)14-6-4-13(10-18)5-7-14;/h3-9,12H,10-11,18H2,1-2H3;1H. The molecule has 1 unspecified atom stereocenters. The average Bonchev–Trinajstić information content (AvgIpc) is 3.32. The van der Waals surface area contributed by atoms with E-state index in [1.54, 1.807) is 42.0 Å². The van der Waals surface area contributed by atoms with Crippen LogP contribution in [0.2, 0.25) is 0 Å². The zero-order valence-electron chi connectivity index (χ0n) is 14.6. The molecule has 3 rings (SSSR count). The van der Waals surface area contributed by atoms with Gasteiger partial charge in [-0.15, -0.1) is 12.4 Å². The number of amides is 1. The van der Waals surface area contributed by atoms with Gasteiger partial charge in [0.05, 0.1) is 6.54 Å². The van der Waals surface area contributed by atoms with Crippen LogP contribution in [-0.4, -0.2) is 37.8 Å². The summed E-state index contributed by atoms with van der Waals surface area (Å²) in [5, 5.41) is 8.07. The van der Waals surface area contributed by atoms with Gasteiger partial charge in [0.25, 0.3) is 0 Å². The fourth-order valence-electron chi connectivity index (χ4n) is 2.45. The molecular formula is C17H21ClN6O2. The number of carbonyl (C=O) groups is 1. The van der Waals surface area contributed by atoms with E-state index in [2.05, 4.69) is 15.2 Å². The highest BCUT2D eigenvalue weighted by Gasteiger charge is 2.21. The average molecular weight is 377 g/mol. The maximum absolute atomic E-state index is 12.5. The Balaban J connectivity index is 0.00000243. The van der Waals surface area contributed by atoms with Crippen molar-refractivity contribution >= 4 is 18.3 Å². The Kier molecular flexibility index (Phi) is 6.48. The van der Waals surface area contributed by atoms with E-state index in [1.807, 2.05) is 24.3 Å². The number of carbonyl (C=O) groups excluding carboxylic acids is 1. The molecule has 138 valence electrons. The molecule has 0 bridgehead atoms. The molecule has 1 aromatic carbocycles. The number of benzene rings is 1. The maximum atomic E-state index is 12.5. The third-order valence-electron chi connectivity index (χ3n) is 3.94. The lowest BCUT2D eigenvalue weighted by atomic mass is 10.1. The summed E-state index contributed by atoms with van der Waals surface area (Å²) in [5.41, 5.74) is 7.46. The Morgan fingerprint density at radius 1 is 1.35 bits per heavy atom. The predicted octanol–water partition coefficient (Wildman–Crippen LogP) is 2.03. The number of halogens is 1. The third-order valence-corrected chi connectivity index (χ3v) is 3.94. The smallest absolute Gasteiger partial charge is 0.247 e. The van der Waals surface area contributed by atoms with Crippen molar-refractivity contribution in [2.45, 2.75) is 26.1 Å². The Labute approximate surface area is 157 Å². The fraction of sp³-hybridized carbons (Fsp3) is 0.294. The van der Waals surface area contributed by atoms with Crippen molar-refractivity contribution in [1.82, 2.24) is 24.8 Å². The summed E-state index contributed by atoms with van der Waals surface area (Å²) in [5.74, 6) is 0.775. The normalized spacial score (nSPS) is 11.7. The molecule has 0 saturated carbocycles. The van der Waals surface area contributed by atoms with Crippen LogP contribution in [0.5, 0.6) is 0 Å². The van der Waals surface area contributed by atoms with Crippen LogP contribution in [0.1, 0.15) is 24.4 Å². The van der Waals surface area contributed by atoms with Crippen LogP contribution in [0.4, 0.5) is 0 Å². The van der Waals surface area contributed by atoms with Gasteiger partial charge < -0.3 is 15.2 Å². The fourth-order valence-corrected chi connectivity index (χ4v) is 2.45. The lowest BCUT2D eigenvalue weighted by Gasteiger charge is -2.19. The van der Waals surface area contributed by atoms with Crippen LogP contribution in [0.15, 0.2) is 47.2 Å². The van der Waals surface area contributed by atoms with E-state index in [0.717, 1.165) is 11.1 Å². The number of hydrogen-bond donors (Lipinski definition) is 1. The van der Waals surface area contributed by atoms with Gasteiger partial charge in [-0.1, -0.05) is 29.4 Å². The van der Waals surface area contributed by atoms with Gasteiger partial charge in [0.2, 0.25) is 17.6 Å². The highest BCUT2D eigenvalue weighted by molar-refractivity contribution is 5.85. The Morgan fingerprint density at radius 2 is 2.08 bits per heavy atom. The summed E-state index contributed by atoms with van der Waals surface area (Å²) in [6.45, 7) is 2.52. The largest absolute Gasteiger partial charge is 0.337 e. The first-order chi connectivity index (χ1) is 12.1. The monoisotopic (exact) mass is 376 g/mol. The zero-order chi connectivity index (χ0) is 17.8. The van der Waals surface area contributed by atoms with Gasteiger partial charge in [-0.25, -0.2) is 0 Å². The number of likely N-dealkylation sites (N-methyl/N-ethyl adjacent to an activating group) is 1. The molecule has 0 spiro atoms. The summed E-state index contributed by atoms with van der Waals surface area (Å²) in [6.07, 6.45) is 3.40. The molecule has 26 heavy (non-hydrogen) atoms. The van der Waals surface area contributed by atoms with Crippen molar-refractivity contribution in [2.24, 2.45) is 5.73 Å². The minimum atomic E-state index is -0.397. The molecular weight excluding hydrogens is 356 g/mol. The zero-order valence-corrected chi connectivity index (χ0v) is 15.4. The van der Waals surface area contributed by atoms with Crippen molar-refractivity contribution < 1.29 is 9.32 Å². The van der Waals surface area contributed by atoms with Gasteiger partial charge in [0.1, 0.15) is 6.04 Å². The highest BCUT2D eigenvalue weighted by atomic mass is 35.5. The first kappa shape index (κ1) is 19.6. The van der Waals surface area contributed by atoms with Crippen molar-refractivity contribution in [3.8, 4) is 11.4 Å². The highest BCUT2D eigenvalue weighted by Crippen LogP contribution is 2.17. The topological polar surface area (TPSA) is 103 Å². The Hall–Kier alpha value is -2.71. The van der Waals surface area contributed by atoms with Crippen LogP contribution in [-0.2, 0) is 17.9 Å². The van der Waals surface area contributed by atoms with Crippen molar-refractivity contribution in [3.05, 3.63) is 54.2 Å². The van der Waals surface area contributed by atoms with E-state index in [1.165, 1.54) is 0 Å². The van der Waals surface area contributed by atoms with Gasteiger partial charge in [0, 0.05) is 31.5 Å². The Morgan fingerprint density at radius 3 is 2.69 bits per heavy atom. The molecule has 0 aliphatic heterocycles. The molecule has 0 saturated heterocycles. The first-order valence-corrected chi connectivity index (χ1v) is 7.94. The minimum Gasteiger partial charge on any atom is -0.337 e. The number of hydrogen-bond acceptors (Lipinski definition) is 6. The molecule has 1 atom stereocenters. The molecule has 0 radical (unpaired) electrons. The van der Waals surface area contributed by atoms with E-state index in [4.69, 9.17) is 10.3 Å². The summed E-state index contributed by atoms with van der Waals surface area (Å²) in [7, 11) is 1.70. The maximum Gasteiger partial charge on any atom is 0.247 e. The van der Waals surface area contributed by atoms with Crippen molar-refractivity contribution in [3.63, 3.8) is 0 Å². The lowest BCUT2D eigenvalue weighted by Crippen LogP contribution is -2.33. The van der Waals surface area contributed by atoms with Crippen LogP contribution in [0, 0.1) is 0 Å². The van der Waals surface area contributed by atoms with Crippen molar-refractivity contribution in [2.75, 3.05) is 7.05 Å². The van der Waals surface area contributed by atoms with Gasteiger partial charge >= 0.3 is 0 Å². The molecule has 1 amide bonds. The molecule has 0 fully saturated rings. The molecule has 2 heterocycles. The van der Waals surface area contributed by atoms with Crippen molar-refractivity contribution in [1.29, 1.82) is 0 Å². The van der Waals surface area contributed by atoms with Gasteiger partial charge in [-0.3, -0.25) is 9.48 Å². The quantitative estimate of drug-likeness (QED) is 0.706. The van der Waals surface area contributed by atoms with E-state index < -0.39 is 6.04 Å². The first-order valence-electron chi connectivity index (χ1n) is 7.94. The summed E-state index contributed by atoms with van der Waals surface area (Å²) in [6, 6.07) is 9.02.